The lowest BCUT2D eigenvalue weighted by atomic mass is 9.87. The monoisotopic (exact) mass is 388 g/mol. The Morgan fingerprint density at radius 2 is 1.79 bits per heavy atom. The first kappa shape index (κ1) is 21.6. The molecule has 1 aromatic rings. The summed E-state index contributed by atoms with van der Waals surface area (Å²) in [6.07, 6.45) is 2.45. The Morgan fingerprint density at radius 3 is 2.32 bits per heavy atom. The van der Waals surface area contributed by atoms with Crippen LogP contribution in [0, 0.1) is 0 Å². The number of aliphatic carboxylic acids is 1. The molecular weight excluding hydrogens is 360 g/mol. The smallest absolute Gasteiger partial charge is 0.331 e. The number of rotatable bonds is 8. The number of benzene rings is 1. The van der Waals surface area contributed by atoms with Crippen LogP contribution in [0.2, 0.25) is 0 Å². The Bertz CT molecular complexity index is 728. The Labute approximate surface area is 165 Å². The summed E-state index contributed by atoms with van der Waals surface area (Å²) >= 11 is 0. The molecule has 0 spiro atoms. The van der Waals surface area contributed by atoms with E-state index in [2.05, 4.69) is 10.6 Å². The number of amides is 2. The van der Waals surface area contributed by atoms with Crippen LogP contribution in [0.25, 0.3) is 0 Å². The first-order chi connectivity index (χ1) is 13.3. The maximum absolute atomic E-state index is 12.6. The molecule has 28 heavy (non-hydrogen) atoms. The van der Waals surface area contributed by atoms with Crippen LogP contribution in [0.4, 0.5) is 0 Å². The largest absolute Gasteiger partial charge is 0.478 e. The first-order valence-electron chi connectivity index (χ1n) is 9.58. The van der Waals surface area contributed by atoms with Gasteiger partial charge in [0, 0.05) is 24.5 Å². The molecule has 7 heteroatoms. The fraction of sp³-hybridized carbons (Fsp3) is 0.476. The summed E-state index contributed by atoms with van der Waals surface area (Å²) in [5.41, 5.74) is 0.629. The second-order valence-electron chi connectivity index (χ2n) is 6.91. The van der Waals surface area contributed by atoms with Crippen molar-refractivity contribution in [1.29, 1.82) is 0 Å². The lowest BCUT2D eigenvalue weighted by molar-refractivity contribution is -0.133. The Morgan fingerprint density at radius 1 is 1.14 bits per heavy atom. The van der Waals surface area contributed by atoms with Gasteiger partial charge in [0.2, 0.25) is 5.91 Å². The zero-order valence-electron chi connectivity index (χ0n) is 16.5. The molecule has 0 unspecified atom stereocenters. The number of carboxylic acids is 1. The van der Waals surface area contributed by atoms with Gasteiger partial charge in [-0.1, -0.05) is 32.0 Å². The van der Waals surface area contributed by atoms with Crippen molar-refractivity contribution in [3.05, 3.63) is 47.5 Å². The van der Waals surface area contributed by atoms with Gasteiger partial charge in [-0.3, -0.25) is 9.59 Å². The van der Waals surface area contributed by atoms with Crippen LogP contribution in [-0.4, -0.2) is 47.2 Å². The first-order valence-corrected chi connectivity index (χ1v) is 9.58. The van der Waals surface area contributed by atoms with E-state index in [0.717, 1.165) is 12.8 Å². The highest BCUT2D eigenvalue weighted by atomic mass is 16.5. The van der Waals surface area contributed by atoms with E-state index in [-0.39, 0.29) is 29.9 Å². The van der Waals surface area contributed by atoms with Gasteiger partial charge in [0.05, 0.1) is 24.3 Å². The predicted molar refractivity (Wildman–Crippen MR) is 105 cm³/mol. The van der Waals surface area contributed by atoms with E-state index in [1.807, 2.05) is 19.9 Å². The molecule has 152 valence electrons. The SMILES string of the molecule is CCC(CC)O[C@@H]1C=C(C(=O)O)C[C@H](NC(=O)c2ccccc2)[C@H]1NC(C)=O. The van der Waals surface area contributed by atoms with Gasteiger partial charge in [0.15, 0.2) is 0 Å². The molecule has 7 nitrogen and oxygen atoms in total. The highest BCUT2D eigenvalue weighted by molar-refractivity contribution is 5.94. The van der Waals surface area contributed by atoms with Gasteiger partial charge in [-0.25, -0.2) is 4.79 Å². The molecule has 1 aliphatic rings. The van der Waals surface area contributed by atoms with Crippen molar-refractivity contribution < 1.29 is 24.2 Å². The van der Waals surface area contributed by atoms with Crippen LogP contribution in [-0.2, 0) is 14.3 Å². The predicted octanol–water partition coefficient (Wildman–Crippen LogP) is 2.28. The summed E-state index contributed by atoms with van der Waals surface area (Å²) in [6, 6.07) is 7.50. The molecule has 0 bridgehead atoms. The van der Waals surface area contributed by atoms with Gasteiger partial charge in [0.1, 0.15) is 0 Å². The Hall–Kier alpha value is -2.67. The molecule has 2 rings (SSSR count). The molecule has 3 N–H and O–H groups in total. The summed E-state index contributed by atoms with van der Waals surface area (Å²) in [5.74, 6) is -1.65. The molecule has 0 aliphatic heterocycles. The standard InChI is InChI=1S/C21H28N2O5/c1-4-16(5-2)28-18-12-15(21(26)27)11-17(19(18)22-13(3)24)23-20(25)14-9-7-6-8-10-14/h6-10,12,16-19H,4-5,11H2,1-3H3,(H,22,24)(H,23,25)(H,26,27)/t17-,18+,19+/m0/s1. The Balaban J connectivity index is 2.31. The molecule has 0 saturated carbocycles. The number of carbonyl (C=O) groups excluding carboxylic acids is 2. The van der Waals surface area contributed by atoms with Gasteiger partial charge in [-0.2, -0.15) is 0 Å². The van der Waals surface area contributed by atoms with E-state index in [0.29, 0.717) is 5.56 Å². The quantitative estimate of drug-likeness (QED) is 0.634. The minimum atomic E-state index is -1.06. The number of carbonyl (C=O) groups is 3. The van der Waals surface area contributed by atoms with Crippen LogP contribution in [0.5, 0.6) is 0 Å². The molecule has 0 radical (unpaired) electrons. The van der Waals surface area contributed by atoms with Crippen LogP contribution >= 0.6 is 0 Å². The summed E-state index contributed by atoms with van der Waals surface area (Å²) in [5, 5.41) is 15.2. The van der Waals surface area contributed by atoms with Crippen molar-refractivity contribution in [2.45, 2.75) is 64.3 Å². The fourth-order valence-corrected chi connectivity index (χ4v) is 3.35. The molecule has 0 heterocycles. The normalized spacial score (nSPS) is 21.7. The van der Waals surface area contributed by atoms with Gasteiger partial charge in [-0.05, 0) is 31.1 Å². The summed E-state index contributed by atoms with van der Waals surface area (Å²) in [4.78, 5) is 36.0. The Kier molecular flexibility index (Phi) is 7.75. The van der Waals surface area contributed by atoms with E-state index in [9.17, 15) is 19.5 Å². The minimum absolute atomic E-state index is 0.0730. The van der Waals surface area contributed by atoms with Crippen molar-refractivity contribution >= 4 is 17.8 Å². The molecular formula is C21H28N2O5. The molecule has 0 saturated heterocycles. The van der Waals surface area contributed by atoms with Gasteiger partial charge < -0.3 is 20.5 Å². The maximum atomic E-state index is 12.6. The van der Waals surface area contributed by atoms with Crippen molar-refractivity contribution in [3.63, 3.8) is 0 Å². The van der Waals surface area contributed by atoms with Crippen molar-refractivity contribution in [1.82, 2.24) is 10.6 Å². The average Bonchev–Trinajstić information content (AvgIpc) is 2.68. The fourth-order valence-electron chi connectivity index (χ4n) is 3.35. The van der Waals surface area contributed by atoms with Crippen molar-refractivity contribution in [2.75, 3.05) is 0 Å². The summed E-state index contributed by atoms with van der Waals surface area (Å²) in [6.45, 7) is 5.36. The number of hydrogen-bond donors (Lipinski definition) is 3. The lowest BCUT2D eigenvalue weighted by Crippen LogP contribution is -2.59. The summed E-state index contributed by atoms with van der Waals surface area (Å²) < 4.78 is 6.10. The second kappa shape index (κ2) is 10.0. The topological polar surface area (TPSA) is 105 Å². The highest BCUT2D eigenvalue weighted by Gasteiger charge is 2.38. The summed E-state index contributed by atoms with van der Waals surface area (Å²) in [7, 11) is 0. The highest BCUT2D eigenvalue weighted by Crippen LogP contribution is 2.25. The molecule has 3 atom stereocenters. The zero-order valence-corrected chi connectivity index (χ0v) is 16.5. The third kappa shape index (κ3) is 5.66. The zero-order chi connectivity index (χ0) is 20.7. The molecule has 0 aromatic heterocycles. The second-order valence-corrected chi connectivity index (χ2v) is 6.91. The maximum Gasteiger partial charge on any atom is 0.331 e. The van der Waals surface area contributed by atoms with Crippen molar-refractivity contribution in [3.8, 4) is 0 Å². The number of ether oxygens (including phenoxy) is 1. The van der Waals surface area contributed by atoms with Crippen LogP contribution in [0.1, 0.15) is 50.4 Å². The third-order valence-electron chi connectivity index (χ3n) is 4.85. The lowest BCUT2D eigenvalue weighted by Gasteiger charge is -2.38. The molecule has 1 aromatic carbocycles. The molecule has 1 aliphatic carbocycles. The van der Waals surface area contributed by atoms with E-state index in [1.165, 1.54) is 6.92 Å². The van der Waals surface area contributed by atoms with E-state index in [1.54, 1.807) is 30.3 Å². The van der Waals surface area contributed by atoms with Gasteiger partial charge in [0.25, 0.3) is 5.91 Å². The van der Waals surface area contributed by atoms with Crippen LogP contribution in [0.3, 0.4) is 0 Å². The molecule has 0 fully saturated rings. The van der Waals surface area contributed by atoms with E-state index >= 15 is 0 Å². The average molecular weight is 388 g/mol. The van der Waals surface area contributed by atoms with E-state index < -0.39 is 24.2 Å². The minimum Gasteiger partial charge on any atom is -0.478 e. The van der Waals surface area contributed by atoms with Crippen LogP contribution in [0.15, 0.2) is 42.0 Å². The van der Waals surface area contributed by atoms with Gasteiger partial charge in [-0.15, -0.1) is 0 Å². The van der Waals surface area contributed by atoms with Crippen molar-refractivity contribution in [2.24, 2.45) is 0 Å². The van der Waals surface area contributed by atoms with Gasteiger partial charge >= 0.3 is 5.97 Å². The molecule has 2 amide bonds. The van der Waals surface area contributed by atoms with Crippen LogP contribution < -0.4 is 10.6 Å². The number of carboxylic acid groups (broad SMARTS) is 1. The van der Waals surface area contributed by atoms with E-state index in [4.69, 9.17) is 4.74 Å². The third-order valence-corrected chi connectivity index (χ3v) is 4.85. The number of hydrogen-bond acceptors (Lipinski definition) is 4. The number of nitrogens with one attached hydrogen (secondary N) is 2.